The average molecular weight is 136 g/mol. The van der Waals surface area contributed by atoms with Gasteiger partial charge in [-0.1, -0.05) is 48.5 Å². The van der Waals surface area contributed by atoms with Gasteiger partial charge in [-0.05, 0) is 10.8 Å². The molecule has 0 aliphatic rings. The van der Waals surface area contributed by atoms with Crippen molar-refractivity contribution in [1.82, 2.24) is 0 Å². The fourth-order valence-corrected chi connectivity index (χ4v) is 1.13. The smallest absolute Gasteiger partial charge is 1.00 e. The van der Waals surface area contributed by atoms with Crippen LogP contribution in [0.3, 0.4) is 0 Å². The van der Waals surface area contributed by atoms with E-state index in [0.29, 0.717) is 0 Å². The van der Waals surface area contributed by atoms with Crippen molar-refractivity contribution in [3.8, 4) is 0 Å². The molecule has 0 saturated carbocycles. The second-order valence-corrected chi connectivity index (χ2v) is 2.35. The third kappa shape index (κ3) is 1.65. The Labute approximate surface area is 79.9 Å². The van der Waals surface area contributed by atoms with Gasteiger partial charge >= 0.3 is 18.9 Å². The zero-order valence-corrected chi connectivity index (χ0v) is 6.62. The summed E-state index contributed by atoms with van der Waals surface area (Å²) in [7, 11) is 0. The summed E-state index contributed by atoms with van der Waals surface area (Å²) in [5.74, 6) is 0. The van der Waals surface area contributed by atoms with Gasteiger partial charge < -0.3 is 1.43 Å². The summed E-state index contributed by atoms with van der Waals surface area (Å²) in [6.07, 6.45) is 0. The fourth-order valence-electron chi connectivity index (χ4n) is 1.13. The second-order valence-electron chi connectivity index (χ2n) is 2.35. The molecule has 0 radical (unpaired) electrons. The molecule has 0 unspecified atom stereocenters. The number of hydrogen-bond donors (Lipinski definition) is 0. The molecule has 11 heavy (non-hydrogen) atoms. The van der Waals surface area contributed by atoms with Crippen LogP contribution in [0.2, 0.25) is 0 Å². The molecule has 50 valence electrons. The molecule has 0 bridgehead atoms. The predicted octanol–water partition coefficient (Wildman–Crippen LogP) is -0.0437. The summed E-state index contributed by atoms with van der Waals surface area (Å²) < 4.78 is 0. The minimum absolute atomic E-state index is 0. The summed E-state index contributed by atoms with van der Waals surface area (Å²) >= 11 is 0. The predicted molar refractivity (Wildman–Crippen MR) is 45.1 cm³/mol. The van der Waals surface area contributed by atoms with Crippen LogP contribution in [0.15, 0.2) is 48.5 Å². The van der Waals surface area contributed by atoms with Gasteiger partial charge in [-0.25, -0.2) is 0 Å². The first kappa shape index (κ1) is 8.39. The number of fused-ring (bicyclic) bond motifs is 1. The maximum absolute atomic E-state index is 2.12. The van der Waals surface area contributed by atoms with E-state index in [9.17, 15) is 0 Å². The minimum Gasteiger partial charge on any atom is -1.00 e. The maximum Gasteiger partial charge on any atom is 1.00 e. The molecule has 2 aromatic carbocycles. The number of hydrogen-bond acceptors (Lipinski definition) is 0. The van der Waals surface area contributed by atoms with Crippen molar-refractivity contribution in [2.45, 2.75) is 0 Å². The Balaban J connectivity index is 0.000000605. The first-order valence-electron chi connectivity index (χ1n) is 3.40. The summed E-state index contributed by atoms with van der Waals surface area (Å²) in [5, 5.41) is 2.62. The van der Waals surface area contributed by atoms with Crippen LogP contribution in [0, 0.1) is 0 Å². The topological polar surface area (TPSA) is 0 Å². The van der Waals surface area contributed by atoms with Crippen LogP contribution in [0.25, 0.3) is 10.8 Å². The van der Waals surface area contributed by atoms with Crippen LogP contribution in [-0.4, -0.2) is 0 Å². The quantitative estimate of drug-likeness (QED) is 0.446. The van der Waals surface area contributed by atoms with Crippen LogP contribution < -0.4 is 18.9 Å². The molecule has 0 aliphatic heterocycles. The van der Waals surface area contributed by atoms with Gasteiger partial charge in [0.15, 0.2) is 0 Å². The largest absolute Gasteiger partial charge is 1.00 e. The molecule has 0 amide bonds. The van der Waals surface area contributed by atoms with Crippen molar-refractivity contribution in [3.63, 3.8) is 0 Å². The van der Waals surface area contributed by atoms with E-state index in [4.69, 9.17) is 0 Å². The van der Waals surface area contributed by atoms with Crippen LogP contribution >= 0.6 is 0 Å². The monoisotopic (exact) mass is 136 g/mol. The van der Waals surface area contributed by atoms with E-state index in [1.54, 1.807) is 0 Å². The summed E-state index contributed by atoms with van der Waals surface area (Å²) in [5.41, 5.74) is 0. The molecule has 2 rings (SSSR count). The number of benzene rings is 2. The van der Waals surface area contributed by atoms with E-state index >= 15 is 0 Å². The first-order chi connectivity index (χ1) is 4.97. The Morgan fingerprint density at radius 1 is 0.636 bits per heavy atom. The van der Waals surface area contributed by atoms with Gasteiger partial charge in [0.05, 0.1) is 0 Å². The second kappa shape index (κ2) is 3.62. The molecule has 0 aliphatic carbocycles. The van der Waals surface area contributed by atoms with Crippen molar-refractivity contribution in [1.29, 1.82) is 0 Å². The van der Waals surface area contributed by atoms with E-state index in [1.165, 1.54) is 10.8 Å². The van der Waals surface area contributed by atoms with E-state index < -0.39 is 0 Å². The zero-order chi connectivity index (χ0) is 6.81. The Bertz CT molecular complexity index is 281. The van der Waals surface area contributed by atoms with Crippen molar-refractivity contribution >= 4 is 10.8 Å². The molecule has 0 spiro atoms. The molecule has 2 aromatic rings. The Morgan fingerprint density at radius 3 is 1.18 bits per heavy atom. The number of rotatable bonds is 0. The van der Waals surface area contributed by atoms with Crippen LogP contribution in [0.5, 0.6) is 0 Å². The van der Waals surface area contributed by atoms with Crippen molar-refractivity contribution in [3.05, 3.63) is 48.5 Å². The molecule has 0 heterocycles. The normalized spacial score (nSPS) is 9.09. The fraction of sp³-hybridized carbons (Fsp3) is 0. The summed E-state index contributed by atoms with van der Waals surface area (Å²) in [6, 6.07) is 16.7. The van der Waals surface area contributed by atoms with Crippen molar-refractivity contribution < 1.29 is 20.3 Å². The molecule has 0 fully saturated rings. The van der Waals surface area contributed by atoms with Gasteiger partial charge in [-0.3, -0.25) is 0 Å². The molecular formula is C10H9Li. The van der Waals surface area contributed by atoms with E-state index in [0.717, 1.165) is 0 Å². The standard InChI is InChI=1S/C10H8.Li.H/c1-2-6-10-8-4-3-7-9(10)5-1;;/h1-8H;;/q;+1;-1. The van der Waals surface area contributed by atoms with Crippen LogP contribution in [-0.2, 0) is 0 Å². The van der Waals surface area contributed by atoms with Gasteiger partial charge in [0.2, 0.25) is 0 Å². The third-order valence-corrected chi connectivity index (χ3v) is 1.66. The molecule has 0 N–H and O–H groups in total. The zero-order valence-electron chi connectivity index (χ0n) is 7.62. The van der Waals surface area contributed by atoms with Gasteiger partial charge in [0.1, 0.15) is 0 Å². The maximum atomic E-state index is 2.12. The van der Waals surface area contributed by atoms with E-state index in [2.05, 4.69) is 48.5 Å². The summed E-state index contributed by atoms with van der Waals surface area (Å²) in [4.78, 5) is 0. The third-order valence-electron chi connectivity index (χ3n) is 1.66. The van der Waals surface area contributed by atoms with Crippen molar-refractivity contribution in [2.24, 2.45) is 0 Å². The molecule has 0 aromatic heterocycles. The average Bonchev–Trinajstić information content (AvgIpc) is 2.05. The van der Waals surface area contributed by atoms with Gasteiger partial charge in [-0.15, -0.1) is 0 Å². The van der Waals surface area contributed by atoms with Gasteiger partial charge in [0, 0.05) is 0 Å². The van der Waals surface area contributed by atoms with Crippen molar-refractivity contribution in [2.75, 3.05) is 0 Å². The van der Waals surface area contributed by atoms with E-state index in [1.807, 2.05) is 0 Å². The molecule has 1 heteroatoms. The Hall–Kier alpha value is -0.703. The van der Waals surface area contributed by atoms with E-state index in [-0.39, 0.29) is 20.3 Å². The van der Waals surface area contributed by atoms with Crippen LogP contribution in [0.1, 0.15) is 1.43 Å². The van der Waals surface area contributed by atoms with Gasteiger partial charge in [-0.2, -0.15) is 0 Å². The SMILES string of the molecule is [H-].[Li+].c1ccc2ccccc2c1. The summed E-state index contributed by atoms with van der Waals surface area (Å²) in [6.45, 7) is 0. The molecule has 0 nitrogen and oxygen atoms in total. The van der Waals surface area contributed by atoms with Crippen LogP contribution in [0.4, 0.5) is 0 Å². The Morgan fingerprint density at radius 2 is 0.909 bits per heavy atom. The minimum atomic E-state index is 0. The van der Waals surface area contributed by atoms with Gasteiger partial charge in [0.25, 0.3) is 0 Å². The molecule has 0 saturated heterocycles. The first-order valence-corrected chi connectivity index (χ1v) is 3.40. The molecular weight excluding hydrogens is 127 g/mol. The Kier molecular flexibility index (Phi) is 2.76. The molecule has 0 atom stereocenters.